The van der Waals surface area contributed by atoms with Crippen LogP contribution in [0, 0.1) is 0 Å². The number of benzene rings is 2. The van der Waals surface area contributed by atoms with Crippen LogP contribution in [0.4, 0.5) is 0 Å². The van der Waals surface area contributed by atoms with Gasteiger partial charge in [0.15, 0.2) is 0 Å². The third-order valence-corrected chi connectivity index (χ3v) is 5.47. The molecule has 2 aromatic carbocycles. The van der Waals surface area contributed by atoms with E-state index in [1.165, 1.54) is 0 Å². The van der Waals surface area contributed by atoms with Crippen LogP contribution in [-0.4, -0.2) is 54.3 Å². The van der Waals surface area contributed by atoms with Gasteiger partial charge in [0, 0.05) is 56.5 Å². The fraction of sp³-hybridized carbons (Fsp3) is 0.364. The zero-order valence-corrected chi connectivity index (χ0v) is 16.6. The molecule has 5 nitrogen and oxygen atoms in total. The van der Waals surface area contributed by atoms with Crippen LogP contribution in [0.1, 0.15) is 29.9 Å². The van der Waals surface area contributed by atoms with Crippen molar-refractivity contribution in [1.82, 2.24) is 9.80 Å². The van der Waals surface area contributed by atoms with Gasteiger partial charge < -0.3 is 10.6 Å². The molecule has 1 aliphatic rings. The van der Waals surface area contributed by atoms with Crippen LogP contribution in [0.3, 0.4) is 0 Å². The molecule has 2 aromatic rings. The van der Waals surface area contributed by atoms with E-state index in [9.17, 15) is 9.59 Å². The average molecular weight is 400 g/mol. The Balaban J connectivity index is 1.66. The molecule has 0 aliphatic carbocycles. The van der Waals surface area contributed by atoms with Gasteiger partial charge >= 0.3 is 0 Å². The highest BCUT2D eigenvalue weighted by Gasteiger charge is 2.25. The van der Waals surface area contributed by atoms with E-state index in [0.29, 0.717) is 37.5 Å². The Morgan fingerprint density at radius 3 is 2.29 bits per heavy atom. The van der Waals surface area contributed by atoms with E-state index < -0.39 is 0 Å². The van der Waals surface area contributed by atoms with Gasteiger partial charge in [0.2, 0.25) is 11.8 Å². The fourth-order valence-corrected chi connectivity index (χ4v) is 3.83. The minimum Gasteiger partial charge on any atom is -0.370 e. The summed E-state index contributed by atoms with van der Waals surface area (Å²) in [6.07, 6.45) is 0.768. The monoisotopic (exact) mass is 399 g/mol. The molecule has 0 saturated carbocycles. The first-order valence-corrected chi connectivity index (χ1v) is 9.99. The summed E-state index contributed by atoms with van der Waals surface area (Å²) in [5.74, 6) is -0.172. The summed E-state index contributed by atoms with van der Waals surface area (Å²) >= 11 is 6.20. The van der Waals surface area contributed by atoms with Crippen molar-refractivity contribution in [2.24, 2.45) is 5.73 Å². The molecule has 2 N–H and O–H groups in total. The molecule has 2 amide bonds. The topological polar surface area (TPSA) is 66.6 Å². The summed E-state index contributed by atoms with van der Waals surface area (Å²) in [6, 6.07) is 17.8. The molecule has 1 saturated heterocycles. The van der Waals surface area contributed by atoms with Crippen molar-refractivity contribution in [3.05, 3.63) is 70.7 Å². The molecule has 0 unspecified atom stereocenters. The summed E-state index contributed by atoms with van der Waals surface area (Å²) < 4.78 is 0. The number of piperazine rings is 1. The lowest BCUT2D eigenvalue weighted by Crippen LogP contribution is -2.49. The SMILES string of the molecule is NC(=O)CCN1CCN(C(=O)C[C@H](c2ccccc2)c2cccc(Cl)c2)CC1. The average Bonchev–Trinajstić information content (AvgIpc) is 2.71. The maximum atomic E-state index is 13.0. The molecule has 0 spiro atoms. The molecule has 1 aliphatic heterocycles. The quantitative estimate of drug-likeness (QED) is 0.778. The lowest BCUT2D eigenvalue weighted by atomic mass is 9.88. The van der Waals surface area contributed by atoms with Gasteiger partial charge in [-0.05, 0) is 23.3 Å². The molecule has 1 heterocycles. The normalized spacial score (nSPS) is 16.0. The zero-order chi connectivity index (χ0) is 19.9. The molecule has 1 fully saturated rings. The second-order valence-corrected chi connectivity index (χ2v) is 7.60. The first-order chi connectivity index (χ1) is 13.5. The van der Waals surface area contributed by atoms with Crippen LogP contribution in [0.15, 0.2) is 54.6 Å². The summed E-state index contributed by atoms with van der Waals surface area (Å²) in [7, 11) is 0. The Morgan fingerprint density at radius 2 is 1.64 bits per heavy atom. The second kappa shape index (κ2) is 9.71. The van der Waals surface area contributed by atoms with Gasteiger partial charge in [0.25, 0.3) is 0 Å². The molecule has 0 bridgehead atoms. The highest BCUT2D eigenvalue weighted by molar-refractivity contribution is 6.30. The number of carbonyl (C=O) groups excluding carboxylic acids is 2. The summed E-state index contributed by atoms with van der Waals surface area (Å²) in [6.45, 7) is 3.55. The molecule has 3 rings (SSSR count). The van der Waals surface area contributed by atoms with E-state index in [-0.39, 0.29) is 17.7 Å². The van der Waals surface area contributed by atoms with Gasteiger partial charge in [-0.15, -0.1) is 0 Å². The Kier molecular flexibility index (Phi) is 7.06. The van der Waals surface area contributed by atoms with Gasteiger partial charge in [-0.3, -0.25) is 14.5 Å². The van der Waals surface area contributed by atoms with Crippen molar-refractivity contribution >= 4 is 23.4 Å². The molecule has 28 heavy (non-hydrogen) atoms. The van der Waals surface area contributed by atoms with Crippen molar-refractivity contribution in [3.63, 3.8) is 0 Å². The summed E-state index contributed by atoms with van der Waals surface area (Å²) in [4.78, 5) is 28.1. The lowest BCUT2D eigenvalue weighted by molar-refractivity contribution is -0.133. The zero-order valence-electron chi connectivity index (χ0n) is 15.9. The maximum Gasteiger partial charge on any atom is 0.223 e. The molecule has 0 aromatic heterocycles. The van der Waals surface area contributed by atoms with Crippen molar-refractivity contribution in [2.45, 2.75) is 18.8 Å². The first kappa shape index (κ1) is 20.4. The van der Waals surface area contributed by atoms with Crippen LogP contribution in [0.2, 0.25) is 5.02 Å². The maximum absolute atomic E-state index is 13.0. The standard InChI is InChI=1S/C22H26ClN3O2/c23-19-8-4-7-18(15-19)20(17-5-2-1-3-6-17)16-22(28)26-13-11-25(12-14-26)10-9-21(24)27/h1-8,15,20H,9-14,16H2,(H2,24,27)/t20-/m1/s1. The van der Waals surface area contributed by atoms with Crippen molar-refractivity contribution in [3.8, 4) is 0 Å². The van der Waals surface area contributed by atoms with E-state index in [2.05, 4.69) is 17.0 Å². The minimum absolute atomic E-state index is 0.0275. The number of primary amides is 1. The van der Waals surface area contributed by atoms with Gasteiger partial charge in [-0.1, -0.05) is 54.1 Å². The van der Waals surface area contributed by atoms with Gasteiger partial charge in [0.05, 0.1) is 0 Å². The van der Waals surface area contributed by atoms with Crippen LogP contribution in [-0.2, 0) is 9.59 Å². The molecular formula is C22H26ClN3O2. The Bertz CT molecular complexity index is 804. The van der Waals surface area contributed by atoms with E-state index in [4.69, 9.17) is 17.3 Å². The molecule has 148 valence electrons. The number of halogens is 1. The highest BCUT2D eigenvalue weighted by atomic mass is 35.5. The minimum atomic E-state index is -0.286. The van der Waals surface area contributed by atoms with Crippen molar-refractivity contribution < 1.29 is 9.59 Å². The van der Waals surface area contributed by atoms with E-state index >= 15 is 0 Å². The third-order valence-electron chi connectivity index (χ3n) is 5.23. The molecular weight excluding hydrogens is 374 g/mol. The van der Waals surface area contributed by atoms with Gasteiger partial charge in [0.1, 0.15) is 0 Å². The predicted octanol–water partition coefficient (Wildman–Crippen LogP) is 2.88. The lowest BCUT2D eigenvalue weighted by Gasteiger charge is -2.35. The third kappa shape index (κ3) is 5.57. The van der Waals surface area contributed by atoms with E-state index in [1.54, 1.807) is 0 Å². The summed E-state index contributed by atoms with van der Waals surface area (Å²) in [5, 5.41) is 0.675. The highest BCUT2D eigenvalue weighted by Crippen LogP contribution is 2.30. The number of amides is 2. The van der Waals surface area contributed by atoms with E-state index in [1.807, 2.05) is 47.4 Å². The second-order valence-electron chi connectivity index (χ2n) is 7.16. The number of hydrogen-bond acceptors (Lipinski definition) is 3. The predicted molar refractivity (Wildman–Crippen MR) is 111 cm³/mol. The van der Waals surface area contributed by atoms with Crippen LogP contribution in [0.25, 0.3) is 0 Å². The number of rotatable bonds is 7. The smallest absolute Gasteiger partial charge is 0.223 e. The Labute approximate surface area is 171 Å². The van der Waals surface area contributed by atoms with Gasteiger partial charge in [-0.25, -0.2) is 0 Å². The van der Waals surface area contributed by atoms with Crippen LogP contribution >= 0.6 is 11.6 Å². The number of nitrogens with two attached hydrogens (primary N) is 1. The summed E-state index contributed by atoms with van der Waals surface area (Å²) in [5.41, 5.74) is 7.38. The fourth-order valence-electron chi connectivity index (χ4n) is 3.63. The number of carbonyl (C=O) groups is 2. The number of nitrogens with zero attached hydrogens (tertiary/aromatic N) is 2. The molecule has 6 heteroatoms. The first-order valence-electron chi connectivity index (χ1n) is 9.62. The molecule has 0 radical (unpaired) electrons. The van der Waals surface area contributed by atoms with Gasteiger partial charge in [-0.2, -0.15) is 0 Å². The Hall–Kier alpha value is -2.37. The Morgan fingerprint density at radius 1 is 0.964 bits per heavy atom. The van der Waals surface area contributed by atoms with Crippen LogP contribution < -0.4 is 5.73 Å². The van der Waals surface area contributed by atoms with Crippen molar-refractivity contribution in [1.29, 1.82) is 0 Å². The van der Waals surface area contributed by atoms with E-state index in [0.717, 1.165) is 24.2 Å². The molecule has 1 atom stereocenters. The van der Waals surface area contributed by atoms with Crippen molar-refractivity contribution in [2.75, 3.05) is 32.7 Å². The number of hydrogen-bond donors (Lipinski definition) is 1. The largest absolute Gasteiger partial charge is 0.370 e. The van der Waals surface area contributed by atoms with Crippen LogP contribution in [0.5, 0.6) is 0 Å².